The molecule has 57 heavy (non-hydrogen) atoms. The second kappa shape index (κ2) is 13.8. The maximum Gasteiger partial charge on any atom is 0.0493 e. The summed E-state index contributed by atoms with van der Waals surface area (Å²) >= 11 is 0. The van der Waals surface area contributed by atoms with Crippen LogP contribution in [0.2, 0.25) is 0 Å². The number of rotatable bonds is 5. The van der Waals surface area contributed by atoms with E-state index >= 15 is 0 Å². The largest absolute Gasteiger partial charge is 0.310 e. The van der Waals surface area contributed by atoms with Crippen molar-refractivity contribution in [3.63, 3.8) is 0 Å². The van der Waals surface area contributed by atoms with Gasteiger partial charge < -0.3 is 4.90 Å². The van der Waals surface area contributed by atoms with Gasteiger partial charge in [0, 0.05) is 17.1 Å². The highest BCUT2D eigenvalue weighted by Gasteiger charge is 2.24. The molecule has 1 aliphatic rings. The highest BCUT2D eigenvalue weighted by Crippen LogP contribution is 2.49. The number of aryl methyl sites for hydroxylation is 2. The maximum atomic E-state index is 2.49. The number of anilines is 3. The Hall–Kier alpha value is -7.22. The predicted octanol–water partition coefficient (Wildman–Crippen LogP) is 15.4. The lowest BCUT2D eigenvalue weighted by molar-refractivity contribution is 0.977. The van der Waals surface area contributed by atoms with Crippen molar-refractivity contribution in [3.8, 4) is 44.5 Å². The minimum Gasteiger partial charge on any atom is -0.310 e. The van der Waals surface area contributed by atoms with Crippen molar-refractivity contribution in [1.82, 2.24) is 0 Å². The molecule has 0 aromatic heterocycles. The van der Waals surface area contributed by atoms with Crippen molar-refractivity contribution in [2.75, 3.05) is 4.90 Å². The summed E-state index contributed by atoms with van der Waals surface area (Å²) < 4.78 is 0. The average molecular weight is 726 g/mol. The quantitative estimate of drug-likeness (QED) is 0.160. The molecular weight excluding hydrogens is 687 g/mol. The first-order valence-electron chi connectivity index (χ1n) is 20.0. The number of hydrogen-bond acceptors (Lipinski definition) is 1. The molecule has 0 fully saturated rings. The van der Waals surface area contributed by atoms with Crippen LogP contribution in [-0.4, -0.2) is 0 Å². The number of benzene rings is 10. The number of para-hydroxylation sites is 2. The summed E-state index contributed by atoms with van der Waals surface area (Å²) in [5.74, 6) is 0. The summed E-state index contributed by atoms with van der Waals surface area (Å²) in [4.78, 5) is 2.49. The Kier molecular flexibility index (Phi) is 8.03. The Morgan fingerprint density at radius 3 is 1.30 bits per heavy atom. The standard InChI is InChI=1S/C56H39N/c1-4-16-38(17-5-1)49-34-43-24-10-11-25-44(43)35-50(49)45-30-32-47-48-33-31-46(57-53-26-14-12-18-39(53)28-29-40-19-13-15-27-54(40)57)37-52(48)56(42-22-8-3-9-23-42)55(51(47)36-45)41-20-6-2-7-21-41/h1-27,30-37H,28-29H2. The van der Waals surface area contributed by atoms with Gasteiger partial charge in [0.15, 0.2) is 0 Å². The lowest BCUT2D eigenvalue weighted by atomic mass is 9.83. The summed E-state index contributed by atoms with van der Waals surface area (Å²) in [5.41, 5.74) is 16.2. The normalized spacial score (nSPS) is 12.4. The van der Waals surface area contributed by atoms with Gasteiger partial charge in [0.2, 0.25) is 0 Å². The van der Waals surface area contributed by atoms with Gasteiger partial charge in [0.1, 0.15) is 0 Å². The van der Waals surface area contributed by atoms with Crippen molar-refractivity contribution in [3.05, 3.63) is 223 Å². The third-order valence-electron chi connectivity index (χ3n) is 11.9. The fourth-order valence-electron chi connectivity index (χ4n) is 9.24. The number of hydrogen-bond donors (Lipinski definition) is 0. The minimum absolute atomic E-state index is 1.01. The maximum absolute atomic E-state index is 2.49. The average Bonchev–Trinajstić information content (AvgIpc) is 3.45. The highest BCUT2D eigenvalue weighted by molar-refractivity contribution is 6.23. The van der Waals surface area contributed by atoms with Gasteiger partial charge in [0.05, 0.1) is 0 Å². The van der Waals surface area contributed by atoms with Crippen LogP contribution in [0, 0.1) is 0 Å². The second-order valence-electron chi connectivity index (χ2n) is 15.2. The molecule has 10 aromatic carbocycles. The third kappa shape index (κ3) is 5.71. The van der Waals surface area contributed by atoms with Gasteiger partial charge in [-0.15, -0.1) is 0 Å². The van der Waals surface area contributed by atoms with Gasteiger partial charge in [-0.25, -0.2) is 0 Å². The van der Waals surface area contributed by atoms with Crippen LogP contribution < -0.4 is 4.90 Å². The molecule has 1 nitrogen and oxygen atoms in total. The van der Waals surface area contributed by atoms with E-state index in [-0.39, 0.29) is 0 Å². The molecule has 1 heterocycles. The molecule has 10 aromatic rings. The molecule has 0 unspecified atom stereocenters. The van der Waals surface area contributed by atoms with Gasteiger partial charge in [-0.05, 0) is 143 Å². The molecule has 0 spiro atoms. The van der Waals surface area contributed by atoms with Crippen LogP contribution in [-0.2, 0) is 12.8 Å². The van der Waals surface area contributed by atoms with E-state index in [4.69, 9.17) is 0 Å². The van der Waals surface area contributed by atoms with Crippen molar-refractivity contribution < 1.29 is 0 Å². The van der Waals surface area contributed by atoms with E-state index in [1.165, 1.54) is 105 Å². The number of nitrogens with zero attached hydrogens (tertiary/aromatic N) is 1. The van der Waals surface area contributed by atoms with Gasteiger partial charge in [-0.1, -0.05) is 170 Å². The van der Waals surface area contributed by atoms with E-state index in [2.05, 4.69) is 217 Å². The third-order valence-corrected chi connectivity index (χ3v) is 11.9. The zero-order valence-corrected chi connectivity index (χ0v) is 31.6. The molecule has 0 aliphatic carbocycles. The van der Waals surface area contributed by atoms with Crippen molar-refractivity contribution in [2.45, 2.75) is 12.8 Å². The fourth-order valence-corrected chi connectivity index (χ4v) is 9.24. The van der Waals surface area contributed by atoms with Crippen molar-refractivity contribution in [2.24, 2.45) is 0 Å². The van der Waals surface area contributed by atoms with Crippen LogP contribution in [0.25, 0.3) is 76.8 Å². The van der Waals surface area contributed by atoms with E-state index in [1.54, 1.807) is 0 Å². The van der Waals surface area contributed by atoms with E-state index in [1.807, 2.05) is 0 Å². The first-order chi connectivity index (χ1) is 28.3. The molecular formula is C56H39N. The Labute approximate surface area is 333 Å². The Morgan fingerprint density at radius 2 is 0.737 bits per heavy atom. The van der Waals surface area contributed by atoms with Crippen molar-refractivity contribution in [1.29, 1.82) is 0 Å². The molecule has 0 bridgehead atoms. The van der Waals surface area contributed by atoms with Crippen LogP contribution in [0.4, 0.5) is 17.1 Å². The van der Waals surface area contributed by atoms with Crippen LogP contribution in [0.15, 0.2) is 212 Å². The molecule has 1 aliphatic heterocycles. The van der Waals surface area contributed by atoms with Crippen LogP contribution in [0.5, 0.6) is 0 Å². The number of fused-ring (bicyclic) bond motifs is 6. The smallest absolute Gasteiger partial charge is 0.0493 e. The van der Waals surface area contributed by atoms with Gasteiger partial charge in [-0.3, -0.25) is 0 Å². The van der Waals surface area contributed by atoms with E-state index in [0.29, 0.717) is 0 Å². The van der Waals surface area contributed by atoms with Crippen LogP contribution in [0.1, 0.15) is 11.1 Å². The van der Waals surface area contributed by atoms with Crippen LogP contribution in [0.3, 0.4) is 0 Å². The molecule has 0 N–H and O–H groups in total. The molecule has 0 radical (unpaired) electrons. The molecule has 0 atom stereocenters. The summed E-state index contributed by atoms with van der Waals surface area (Å²) in [6.07, 6.45) is 2.03. The van der Waals surface area contributed by atoms with E-state index in [0.717, 1.165) is 12.8 Å². The van der Waals surface area contributed by atoms with Crippen LogP contribution >= 0.6 is 0 Å². The molecule has 0 saturated carbocycles. The fraction of sp³-hybridized carbons (Fsp3) is 0.0357. The minimum atomic E-state index is 1.01. The van der Waals surface area contributed by atoms with Gasteiger partial charge >= 0.3 is 0 Å². The second-order valence-corrected chi connectivity index (χ2v) is 15.2. The topological polar surface area (TPSA) is 3.24 Å². The monoisotopic (exact) mass is 725 g/mol. The van der Waals surface area contributed by atoms with E-state index < -0.39 is 0 Å². The molecule has 268 valence electrons. The Balaban J connectivity index is 1.23. The van der Waals surface area contributed by atoms with E-state index in [9.17, 15) is 0 Å². The first kappa shape index (κ1) is 33.1. The predicted molar refractivity (Wildman–Crippen MR) is 243 cm³/mol. The molecule has 1 heteroatoms. The molecule has 11 rings (SSSR count). The van der Waals surface area contributed by atoms with Gasteiger partial charge in [-0.2, -0.15) is 0 Å². The zero-order chi connectivity index (χ0) is 37.7. The molecule has 0 saturated heterocycles. The lowest BCUT2D eigenvalue weighted by Crippen LogP contribution is -2.11. The summed E-state index contributed by atoms with van der Waals surface area (Å²) in [5, 5.41) is 7.47. The lowest BCUT2D eigenvalue weighted by Gasteiger charge is -2.28. The highest BCUT2D eigenvalue weighted by atomic mass is 15.1. The van der Waals surface area contributed by atoms with Crippen molar-refractivity contribution >= 4 is 49.4 Å². The zero-order valence-electron chi connectivity index (χ0n) is 31.6. The first-order valence-corrected chi connectivity index (χ1v) is 20.0. The SMILES string of the molecule is c1ccc(-c2cc3ccccc3cc2-c2ccc3c(c2)c(-c2ccccc2)c(-c2ccccc2)c2cc(N4c5ccccc5CCc5ccccc54)ccc23)cc1. The van der Waals surface area contributed by atoms with Gasteiger partial charge in [0.25, 0.3) is 0 Å². The summed E-state index contributed by atoms with van der Waals surface area (Å²) in [7, 11) is 0. The molecule has 0 amide bonds. The summed E-state index contributed by atoms with van der Waals surface area (Å²) in [6, 6.07) is 78.5. The Morgan fingerprint density at radius 1 is 0.298 bits per heavy atom. The summed E-state index contributed by atoms with van der Waals surface area (Å²) in [6.45, 7) is 0. The Bertz CT molecular complexity index is 3060.